The van der Waals surface area contributed by atoms with Gasteiger partial charge in [-0.3, -0.25) is 14.2 Å². The van der Waals surface area contributed by atoms with E-state index in [-0.39, 0.29) is 11.7 Å². The Morgan fingerprint density at radius 2 is 1.76 bits per heavy atom. The molecule has 2 aromatic heterocycles. The van der Waals surface area contributed by atoms with E-state index in [1.165, 1.54) is 31.8 Å². The van der Waals surface area contributed by atoms with Crippen molar-refractivity contribution in [1.82, 2.24) is 24.6 Å². The largest absolute Gasteiger partial charge is 0.481 e. The van der Waals surface area contributed by atoms with Gasteiger partial charge in [-0.1, -0.05) is 18.2 Å². The van der Waals surface area contributed by atoms with E-state index in [1.807, 2.05) is 25.1 Å². The third kappa shape index (κ3) is 5.74. The quantitative estimate of drug-likeness (QED) is 0.315. The van der Waals surface area contributed by atoms with Crippen LogP contribution in [0, 0.1) is 19.7 Å². The van der Waals surface area contributed by atoms with Crippen LogP contribution in [0.4, 0.5) is 10.1 Å². The van der Waals surface area contributed by atoms with Crippen LogP contribution in [-0.2, 0) is 25.3 Å². The van der Waals surface area contributed by atoms with Crippen LogP contribution < -0.4 is 26.6 Å². The van der Waals surface area contributed by atoms with Crippen molar-refractivity contribution in [3.8, 4) is 28.3 Å². The number of hydrogen-bond acceptors (Lipinski definition) is 8. The molecule has 1 atom stereocenters. The number of amides is 1. The Morgan fingerprint density at radius 1 is 1.02 bits per heavy atom. The number of aryl methyl sites for hydroxylation is 2. The van der Waals surface area contributed by atoms with Crippen molar-refractivity contribution in [2.45, 2.75) is 51.6 Å². The number of hydrogen-bond donors (Lipinski definition) is 2. The molecular weight excluding hydrogens is 591 g/mol. The molecule has 1 unspecified atom stereocenters. The van der Waals surface area contributed by atoms with Crippen molar-refractivity contribution in [3.63, 3.8) is 0 Å². The number of benzene rings is 2. The molecule has 1 amide bonds. The van der Waals surface area contributed by atoms with Crippen LogP contribution in [0.15, 0.2) is 46.0 Å². The van der Waals surface area contributed by atoms with E-state index >= 15 is 4.39 Å². The van der Waals surface area contributed by atoms with Gasteiger partial charge in [-0.2, -0.15) is 5.10 Å². The van der Waals surface area contributed by atoms with E-state index in [0.717, 1.165) is 76.1 Å². The molecule has 0 bridgehead atoms. The second-order valence-electron chi connectivity index (χ2n) is 11.9. The predicted octanol–water partition coefficient (Wildman–Crippen LogP) is 3.98. The van der Waals surface area contributed by atoms with Crippen LogP contribution in [0.25, 0.3) is 22.4 Å². The Bertz CT molecular complexity index is 1960. The van der Waals surface area contributed by atoms with Crippen LogP contribution in [0.2, 0.25) is 0 Å². The summed E-state index contributed by atoms with van der Waals surface area (Å²) in [7, 11) is 4.25. The molecule has 1 aliphatic carbocycles. The summed E-state index contributed by atoms with van der Waals surface area (Å²) in [5, 5.41) is 10.3. The topological polar surface area (TPSA) is 129 Å². The molecule has 0 saturated carbocycles. The maximum atomic E-state index is 15.1. The SMILES string of the molecule is COc1nc(-c2cccc(-c3cc(F)cc(NC(=O)c4nn(C)c(=O)n(C)c4=O)c3C)c2C)cc2c1C(NC1CCOCC1)CC2. The zero-order valence-corrected chi connectivity index (χ0v) is 26.6. The van der Waals surface area contributed by atoms with Gasteiger partial charge in [0.2, 0.25) is 11.6 Å². The van der Waals surface area contributed by atoms with Crippen molar-refractivity contribution >= 4 is 11.6 Å². The maximum Gasteiger partial charge on any atom is 0.346 e. The lowest BCUT2D eigenvalue weighted by molar-refractivity contribution is 0.0747. The Balaban J connectivity index is 1.34. The van der Waals surface area contributed by atoms with E-state index in [2.05, 4.69) is 21.8 Å². The molecule has 1 aliphatic heterocycles. The number of nitrogens with zero attached hydrogens (tertiary/aromatic N) is 4. The number of ether oxygens (including phenoxy) is 2. The second kappa shape index (κ2) is 12.6. The summed E-state index contributed by atoms with van der Waals surface area (Å²) >= 11 is 0. The summed E-state index contributed by atoms with van der Waals surface area (Å²) in [6.45, 7) is 5.27. The highest BCUT2D eigenvalue weighted by Gasteiger charge is 2.31. The molecule has 2 N–H and O–H groups in total. The van der Waals surface area contributed by atoms with Crippen molar-refractivity contribution in [1.29, 1.82) is 0 Å². The number of rotatable bonds is 7. The van der Waals surface area contributed by atoms with Crippen LogP contribution in [0.3, 0.4) is 0 Å². The van der Waals surface area contributed by atoms with Gasteiger partial charge < -0.3 is 20.1 Å². The average molecular weight is 629 g/mol. The molecule has 6 rings (SSSR count). The van der Waals surface area contributed by atoms with Gasteiger partial charge in [-0.05, 0) is 85.5 Å². The smallest absolute Gasteiger partial charge is 0.346 e. The van der Waals surface area contributed by atoms with Crippen molar-refractivity contribution in [2.24, 2.45) is 14.1 Å². The zero-order chi connectivity index (χ0) is 32.7. The average Bonchev–Trinajstić information content (AvgIpc) is 3.45. The lowest BCUT2D eigenvalue weighted by Gasteiger charge is -2.27. The van der Waals surface area contributed by atoms with Crippen LogP contribution >= 0.6 is 0 Å². The molecule has 11 nitrogen and oxygen atoms in total. The normalized spacial score (nSPS) is 16.3. The molecule has 1 saturated heterocycles. The summed E-state index contributed by atoms with van der Waals surface area (Å²) in [5.74, 6) is -0.813. The molecule has 3 heterocycles. The number of nitrogens with one attached hydrogen (secondary N) is 2. The van der Waals surface area contributed by atoms with Gasteiger partial charge in [0.15, 0.2) is 0 Å². The monoisotopic (exact) mass is 628 g/mol. The van der Waals surface area contributed by atoms with E-state index in [0.29, 0.717) is 23.0 Å². The summed E-state index contributed by atoms with van der Waals surface area (Å²) < 4.78 is 28.2. The number of pyridine rings is 1. The minimum Gasteiger partial charge on any atom is -0.481 e. The number of anilines is 1. The summed E-state index contributed by atoms with van der Waals surface area (Å²) in [5.41, 5.74) is 4.96. The number of aromatic nitrogens is 4. The first kappa shape index (κ1) is 31.3. The number of methoxy groups -OCH3 is 1. The fraction of sp³-hybridized carbons (Fsp3) is 0.382. The first-order valence-electron chi connectivity index (χ1n) is 15.3. The summed E-state index contributed by atoms with van der Waals surface area (Å²) in [6.07, 6.45) is 3.84. The van der Waals surface area contributed by atoms with Gasteiger partial charge in [-0.15, -0.1) is 0 Å². The van der Waals surface area contributed by atoms with Gasteiger partial charge in [-0.25, -0.2) is 18.9 Å². The summed E-state index contributed by atoms with van der Waals surface area (Å²) in [4.78, 5) is 42.7. The molecule has 2 aliphatic rings. The lowest BCUT2D eigenvalue weighted by atomic mass is 9.91. The molecule has 12 heteroatoms. The fourth-order valence-electron chi connectivity index (χ4n) is 6.53. The summed E-state index contributed by atoms with van der Waals surface area (Å²) in [6, 6.07) is 11.1. The van der Waals surface area contributed by atoms with Gasteiger partial charge in [0.05, 0.1) is 12.8 Å². The first-order chi connectivity index (χ1) is 22.1. The highest BCUT2D eigenvalue weighted by molar-refractivity contribution is 6.03. The van der Waals surface area contributed by atoms with Crippen molar-refractivity contribution in [2.75, 3.05) is 25.6 Å². The lowest BCUT2D eigenvalue weighted by Crippen LogP contribution is -2.43. The Morgan fingerprint density at radius 3 is 2.50 bits per heavy atom. The third-order valence-electron chi connectivity index (χ3n) is 9.07. The number of carbonyl (C=O) groups excluding carboxylic acids is 1. The zero-order valence-electron chi connectivity index (χ0n) is 26.6. The second-order valence-corrected chi connectivity index (χ2v) is 11.9. The van der Waals surface area contributed by atoms with E-state index in [4.69, 9.17) is 14.5 Å². The fourth-order valence-corrected chi connectivity index (χ4v) is 6.53. The van der Waals surface area contributed by atoms with Gasteiger partial charge >= 0.3 is 5.69 Å². The number of carbonyl (C=O) groups is 1. The first-order valence-corrected chi connectivity index (χ1v) is 15.3. The molecule has 1 fully saturated rings. The van der Waals surface area contributed by atoms with Gasteiger partial charge in [0.1, 0.15) is 5.82 Å². The van der Waals surface area contributed by atoms with Crippen LogP contribution in [0.1, 0.15) is 58.0 Å². The van der Waals surface area contributed by atoms with Gasteiger partial charge in [0.25, 0.3) is 11.5 Å². The van der Waals surface area contributed by atoms with Crippen molar-refractivity contribution < 1.29 is 18.7 Å². The Kier molecular flexibility index (Phi) is 8.58. The van der Waals surface area contributed by atoms with E-state index in [9.17, 15) is 14.4 Å². The van der Waals surface area contributed by atoms with E-state index < -0.39 is 28.7 Å². The molecule has 2 aromatic carbocycles. The third-order valence-corrected chi connectivity index (χ3v) is 9.07. The minimum atomic E-state index is -0.847. The van der Waals surface area contributed by atoms with Crippen LogP contribution in [0.5, 0.6) is 5.88 Å². The highest BCUT2D eigenvalue weighted by Crippen LogP contribution is 2.42. The van der Waals surface area contributed by atoms with Crippen molar-refractivity contribution in [3.05, 3.63) is 91.0 Å². The molecule has 4 aromatic rings. The molecular formula is C34H37FN6O5. The van der Waals surface area contributed by atoms with Crippen LogP contribution in [-0.4, -0.2) is 51.6 Å². The van der Waals surface area contributed by atoms with Gasteiger partial charge in [0, 0.05) is 56.2 Å². The highest BCUT2D eigenvalue weighted by atomic mass is 19.1. The molecule has 0 radical (unpaired) electrons. The Hall–Kier alpha value is -4.68. The van der Waals surface area contributed by atoms with E-state index in [1.54, 1.807) is 14.0 Å². The maximum absolute atomic E-state index is 15.1. The predicted molar refractivity (Wildman–Crippen MR) is 172 cm³/mol. The molecule has 46 heavy (non-hydrogen) atoms. The minimum absolute atomic E-state index is 0.168. The molecule has 0 spiro atoms. The molecule has 240 valence electrons. The Labute approximate surface area is 265 Å². The number of halogens is 1. The standard InChI is InChI=1S/C34H37FN6O5/c1-18-23(25-16-21(35)17-27(19(25)2)37-31(42)30-33(43)40(3)34(44)41(4)39-30)7-6-8-24(18)28-15-20-9-10-26(29(20)32(38-28)45-5)36-22-11-13-46-14-12-22/h6-8,15-17,22,26,36H,9-14H2,1-5H3,(H,37,42). The number of fused-ring (bicyclic) bond motifs is 1.